The summed E-state index contributed by atoms with van der Waals surface area (Å²) in [7, 11) is 0. The van der Waals surface area contributed by atoms with Gasteiger partial charge in [-0.05, 0) is 55.4 Å². The summed E-state index contributed by atoms with van der Waals surface area (Å²) in [6.45, 7) is 6.13. The maximum Gasteiger partial charge on any atom is 0.263 e. The van der Waals surface area contributed by atoms with E-state index in [2.05, 4.69) is 53.5 Å². The zero-order valence-corrected chi connectivity index (χ0v) is 17.9. The van der Waals surface area contributed by atoms with Crippen LogP contribution in [0.3, 0.4) is 0 Å². The number of carbonyl (C=O) groups excluding carboxylic acids is 1. The number of piperazine rings is 1. The van der Waals surface area contributed by atoms with Crippen LogP contribution in [0, 0.1) is 0 Å². The fourth-order valence-corrected chi connectivity index (χ4v) is 4.41. The van der Waals surface area contributed by atoms with E-state index in [1.165, 1.54) is 29.5 Å². The third kappa shape index (κ3) is 5.11. The van der Waals surface area contributed by atoms with Gasteiger partial charge in [0.1, 0.15) is 5.75 Å². The summed E-state index contributed by atoms with van der Waals surface area (Å²) in [5.41, 5.74) is 3.91. The molecule has 1 heterocycles. The zero-order valence-electron chi connectivity index (χ0n) is 17.9. The maximum atomic E-state index is 12.9. The molecule has 4 nitrogen and oxygen atoms in total. The highest BCUT2D eigenvalue weighted by Crippen LogP contribution is 2.30. The number of benzene rings is 2. The number of ether oxygens (including phenoxy) is 1. The van der Waals surface area contributed by atoms with Crippen molar-refractivity contribution in [3.8, 4) is 5.75 Å². The molecule has 0 aromatic heterocycles. The van der Waals surface area contributed by atoms with E-state index in [-0.39, 0.29) is 5.91 Å². The first-order valence-corrected chi connectivity index (χ1v) is 11.2. The summed E-state index contributed by atoms with van der Waals surface area (Å²) in [5, 5.41) is 0. The minimum Gasteiger partial charge on any atom is -0.481 e. The molecule has 0 N–H and O–H groups in total. The Labute approximate surface area is 180 Å². The maximum absolute atomic E-state index is 12.9. The van der Waals surface area contributed by atoms with E-state index >= 15 is 0 Å². The molecule has 2 aromatic rings. The Morgan fingerprint density at radius 1 is 1.00 bits per heavy atom. The van der Waals surface area contributed by atoms with Gasteiger partial charge in [0, 0.05) is 32.7 Å². The molecule has 0 radical (unpaired) electrons. The normalized spacial score (nSPS) is 18.2. The second-order valence-corrected chi connectivity index (χ2v) is 8.30. The molecule has 4 heteroatoms. The van der Waals surface area contributed by atoms with Gasteiger partial charge in [-0.1, -0.05) is 54.6 Å². The molecule has 1 aliphatic carbocycles. The van der Waals surface area contributed by atoms with Gasteiger partial charge in [-0.25, -0.2) is 0 Å². The molecule has 0 bridgehead atoms. The van der Waals surface area contributed by atoms with Gasteiger partial charge in [0.2, 0.25) is 0 Å². The number of hydrogen-bond acceptors (Lipinski definition) is 3. The topological polar surface area (TPSA) is 32.8 Å². The third-order valence-electron chi connectivity index (χ3n) is 6.16. The number of rotatable bonds is 6. The number of nitrogens with zero attached hydrogens (tertiary/aromatic N) is 2. The van der Waals surface area contributed by atoms with Crippen LogP contribution in [0.1, 0.15) is 36.5 Å². The van der Waals surface area contributed by atoms with E-state index in [0.29, 0.717) is 0 Å². The molecular formula is C26H32N2O2. The molecular weight excluding hydrogens is 372 g/mol. The van der Waals surface area contributed by atoms with Crippen molar-refractivity contribution >= 4 is 12.0 Å². The van der Waals surface area contributed by atoms with Gasteiger partial charge in [0.05, 0.1) is 0 Å². The van der Waals surface area contributed by atoms with Gasteiger partial charge in [-0.3, -0.25) is 9.69 Å². The molecule has 1 saturated heterocycles. The fourth-order valence-electron chi connectivity index (χ4n) is 4.41. The first-order valence-electron chi connectivity index (χ1n) is 11.2. The molecule has 30 heavy (non-hydrogen) atoms. The van der Waals surface area contributed by atoms with Gasteiger partial charge >= 0.3 is 0 Å². The summed E-state index contributed by atoms with van der Waals surface area (Å²) in [6, 6.07) is 16.6. The van der Waals surface area contributed by atoms with E-state index < -0.39 is 6.10 Å². The van der Waals surface area contributed by atoms with Crippen molar-refractivity contribution in [2.45, 2.75) is 38.7 Å². The monoisotopic (exact) mass is 404 g/mol. The van der Waals surface area contributed by atoms with Crippen molar-refractivity contribution < 1.29 is 9.53 Å². The highest BCUT2D eigenvalue weighted by molar-refractivity contribution is 5.81. The average Bonchev–Trinajstić information content (AvgIpc) is 2.80. The van der Waals surface area contributed by atoms with Crippen molar-refractivity contribution in [1.29, 1.82) is 0 Å². The predicted molar refractivity (Wildman–Crippen MR) is 122 cm³/mol. The first kappa shape index (κ1) is 20.7. The summed E-state index contributed by atoms with van der Waals surface area (Å²) < 4.78 is 6.15. The standard InChI is InChI=1S/C26H32N2O2/c1-21(30-25-15-7-13-23-12-5-6-14-24(23)25)26(29)28-19-17-27(18-20-28)16-8-11-22-9-3-2-4-10-22/h2-4,7-11,13,15,21H,5-6,12,14,16-20H2,1H3/b11-8+. The van der Waals surface area contributed by atoms with Crippen LogP contribution in [-0.2, 0) is 17.6 Å². The van der Waals surface area contributed by atoms with Crippen molar-refractivity contribution in [1.82, 2.24) is 9.80 Å². The Morgan fingerprint density at radius 2 is 1.77 bits per heavy atom. The Balaban J connectivity index is 1.26. The quantitative estimate of drug-likeness (QED) is 0.724. The minimum absolute atomic E-state index is 0.0999. The average molecular weight is 405 g/mol. The molecule has 2 aromatic carbocycles. The zero-order chi connectivity index (χ0) is 20.8. The smallest absolute Gasteiger partial charge is 0.263 e. The lowest BCUT2D eigenvalue weighted by atomic mass is 9.91. The summed E-state index contributed by atoms with van der Waals surface area (Å²) >= 11 is 0. The first-order chi connectivity index (χ1) is 14.7. The van der Waals surface area contributed by atoms with Crippen LogP contribution in [0.15, 0.2) is 54.6 Å². The molecule has 4 rings (SSSR count). The van der Waals surface area contributed by atoms with Crippen LogP contribution in [0.5, 0.6) is 5.75 Å². The largest absolute Gasteiger partial charge is 0.481 e. The number of hydrogen-bond donors (Lipinski definition) is 0. The van der Waals surface area contributed by atoms with Gasteiger partial charge in [0.15, 0.2) is 6.10 Å². The Bertz CT molecular complexity index is 870. The third-order valence-corrected chi connectivity index (χ3v) is 6.16. The van der Waals surface area contributed by atoms with Crippen molar-refractivity contribution in [3.63, 3.8) is 0 Å². The van der Waals surface area contributed by atoms with Crippen LogP contribution in [-0.4, -0.2) is 54.5 Å². The Morgan fingerprint density at radius 3 is 2.57 bits per heavy atom. The molecule has 1 unspecified atom stereocenters. The van der Waals surface area contributed by atoms with Gasteiger partial charge in [-0.2, -0.15) is 0 Å². The van der Waals surface area contributed by atoms with Gasteiger partial charge < -0.3 is 9.64 Å². The second kappa shape index (κ2) is 9.94. The highest BCUT2D eigenvalue weighted by atomic mass is 16.5. The van der Waals surface area contributed by atoms with Crippen LogP contribution in [0.25, 0.3) is 6.08 Å². The van der Waals surface area contributed by atoms with E-state index in [1.807, 2.05) is 24.0 Å². The number of aryl methyl sites for hydroxylation is 1. The van der Waals surface area contributed by atoms with Crippen LogP contribution in [0.2, 0.25) is 0 Å². The van der Waals surface area contributed by atoms with Crippen molar-refractivity contribution in [3.05, 3.63) is 71.3 Å². The summed E-state index contributed by atoms with van der Waals surface area (Å²) in [5.74, 6) is 1.00. The molecule has 1 fully saturated rings. The lowest BCUT2D eigenvalue weighted by Gasteiger charge is -2.35. The van der Waals surface area contributed by atoms with E-state index in [0.717, 1.165) is 51.3 Å². The molecule has 0 saturated carbocycles. The number of amides is 1. The van der Waals surface area contributed by atoms with Crippen molar-refractivity contribution in [2.24, 2.45) is 0 Å². The SMILES string of the molecule is CC(Oc1cccc2c1CCCC2)C(=O)N1CCN(C/C=C/c2ccccc2)CC1. The van der Waals surface area contributed by atoms with Crippen LogP contribution >= 0.6 is 0 Å². The minimum atomic E-state index is -0.442. The van der Waals surface area contributed by atoms with Gasteiger partial charge in [-0.15, -0.1) is 0 Å². The number of carbonyl (C=O) groups is 1. The lowest BCUT2D eigenvalue weighted by molar-refractivity contribution is -0.139. The molecule has 2 aliphatic rings. The Hall–Kier alpha value is -2.59. The lowest BCUT2D eigenvalue weighted by Crippen LogP contribution is -2.51. The molecule has 1 aliphatic heterocycles. The number of fused-ring (bicyclic) bond motifs is 1. The van der Waals surface area contributed by atoms with E-state index in [1.54, 1.807) is 0 Å². The Kier molecular flexibility index (Phi) is 6.85. The highest BCUT2D eigenvalue weighted by Gasteiger charge is 2.26. The van der Waals surface area contributed by atoms with E-state index in [9.17, 15) is 4.79 Å². The van der Waals surface area contributed by atoms with Gasteiger partial charge in [0.25, 0.3) is 5.91 Å². The summed E-state index contributed by atoms with van der Waals surface area (Å²) in [4.78, 5) is 17.3. The molecule has 0 spiro atoms. The second-order valence-electron chi connectivity index (χ2n) is 8.30. The molecule has 1 atom stereocenters. The predicted octanol–water partition coefficient (Wildman–Crippen LogP) is 4.19. The van der Waals surface area contributed by atoms with E-state index in [4.69, 9.17) is 4.74 Å². The summed E-state index contributed by atoms with van der Waals surface area (Å²) in [6.07, 6.45) is 8.55. The fraction of sp³-hybridized carbons (Fsp3) is 0.423. The molecule has 158 valence electrons. The van der Waals surface area contributed by atoms with Crippen LogP contribution in [0.4, 0.5) is 0 Å². The van der Waals surface area contributed by atoms with Crippen LogP contribution < -0.4 is 4.74 Å². The molecule has 1 amide bonds. The van der Waals surface area contributed by atoms with Crippen molar-refractivity contribution in [2.75, 3.05) is 32.7 Å².